The Kier molecular flexibility index (Phi) is 7.77. The second kappa shape index (κ2) is 10.6. The highest BCUT2D eigenvalue weighted by atomic mass is 16.3. The summed E-state index contributed by atoms with van der Waals surface area (Å²) in [6, 6.07) is 13.8. The number of rotatable bonds is 3. The quantitative estimate of drug-likeness (QED) is 0.495. The van der Waals surface area contributed by atoms with E-state index in [1.54, 1.807) is 9.80 Å². The fraction of sp³-hybridized carbons (Fsp3) is 0.533. The van der Waals surface area contributed by atoms with Gasteiger partial charge in [0.25, 0.3) is 0 Å². The molecule has 0 fully saturated rings. The summed E-state index contributed by atoms with van der Waals surface area (Å²) in [5.74, 6) is 0. The zero-order chi connectivity index (χ0) is 27.8. The first-order valence-corrected chi connectivity index (χ1v) is 13.4. The second-order valence-corrected chi connectivity index (χ2v) is 12.7. The Hall–Kier alpha value is -3.10. The molecule has 38 heavy (non-hydrogen) atoms. The van der Waals surface area contributed by atoms with Crippen LogP contribution in [0.25, 0.3) is 0 Å². The zero-order valence-corrected chi connectivity index (χ0v) is 23.4. The number of hydrogen-bond donors (Lipinski definition) is 4. The number of amides is 4. The van der Waals surface area contributed by atoms with E-state index in [2.05, 4.69) is 10.6 Å². The standard InChI is InChI=1S/C30H42N4O4/c1-29(2,3)31-27(37)33-17-21-13-9-7-11-19(21)15-23(33)25(35)26(36)24-16-20-12-8-10-14-22(20)18-34(24)28(38)32-30(4,5)6/h7-14,23-26,35-36H,15-18H2,1-6H3,(H,31,37)(H,32,38). The van der Waals surface area contributed by atoms with Crippen molar-refractivity contribution in [1.29, 1.82) is 0 Å². The summed E-state index contributed by atoms with van der Waals surface area (Å²) in [7, 11) is 0. The van der Waals surface area contributed by atoms with E-state index in [0.29, 0.717) is 25.9 Å². The molecule has 4 atom stereocenters. The van der Waals surface area contributed by atoms with Gasteiger partial charge in [-0.3, -0.25) is 0 Å². The van der Waals surface area contributed by atoms with Gasteiger partial charge in [-0.05, 0) is 76.6 Å². The average molecular weight is 523 g/mol. The molecule has 4 N–H and O–H groups in total. The SMILES string of the molecule is CC(C)(C)NC(=O)N1Cc2ccccc2CC1C(O)C(O)C1Cc2ccccc2CN1C(=O)NC(C)(C)C. The van der Waals surface area contributed by atoms with Crippen LogP contribution in [-0.2, 0) is 25.9 Å². The van der Waals surface area contributed by atoms with Crippen LogP contribution >= 0.6 is 0 Å². The lowest BCUT2D eigenvalue weighted by Gasteiger charge is -2.46. The number of aliphatic hydroxyl groups is 2. The Morgan fingerprint density at radius 1 is 0.684 bits per heavy atom. The first-order valence-electron chi connectivity index (χ1n) is 13.4. The van der Waals surface area contributed by atoms with Gasteiger partial charge in [-0.25, -0.2) is 9.59 Å². The summed E-state index contributed by atoms with van der Waals surface area (Å²) in [6.07, 6.45) is -1.73. The number of benzene rings is 2. The fourth-order valence-corrected chi connectivity index (χ4v) is 5.39. The monoisotopic (exact) mass is 522 g/mol. The van der Waals surface area contributed by atoms with Crippen molar-refractivity contribution >= 4 is 12.1 Å². The number of nitrogens with zero attached hydrogens (tertiary/aromatic N) is 2. The van der Waals surface area contributed by atoms with Gasteiger partial charge in [0.15, 0.2) is 0 Å². The lowest BCUT2D eigenvalue weighted by Crippen LogP contribution is -2.63. The molecule has 8 nitrogen and oxygen atoms in total. The van der Waals surface area contributed by atoms with Gasteiger partial charge in [0.1, 0.15) is 12.2 Å². The van der Waals surface area contributed by atoms with Crippen LogP contribution in [0.1, 0.15) is 63.8 Å². The minimum absolute atomic E-state index is 0.292. The molecule has 2 aliphatic rings. The molecule has 0 saturated heterocycles. The van der Waals surface area contributed by atoms with Crippen LogP contribution in [0.5, 0.6) is 0 Å². The number of hydrogen-bond acceptors (Lipinski definition) is 4. The molecule has 2 aromatic rings. The molecule has 4 rings (SSSR count). The summed E-state index contributed by atoms with van der Waals surface area (Å²) in [4.78, 5) is 30.0. The first-order chi connectivity index (χ1) is 17.7. The largest absolute Gasteiger partial charge is 0.388 e. The van der Waals surface area contributed by atoms with Crippen LogP contribution in [0.2, 0.25) is 0 Å². The van der Waals surface area contributed by atoms with Crippen LogP contribution in [0, 0.1) is 0 Å². The fourth-order valence-electron chi connectivity index (χ4n) is 5.39. The van der Waals surface area contributed by atoms with Gasteiger partial charge in [-0.2, -0.15) is 0 Å². The van der Waals surface area contributed by atoms with Crippen molar-refractivity contribution in [1.82, 2.24) is 20.4 Å². The van der Waals surface area contributed by atoms with E-state index in [0.717, 1.165) is 22.3 Å². The summed E-state index contributed by atoms with van der Waals surface area (Å²) >= 11 is 0. The third kappa shape index (κ3) is 6.30. The molecule has 4 unspecified atom stereocenters. The topological polar surface area (TPSA) is 105 Å². The average Bonchev–Trinajstić information content (AvgIpc) is 2.84. The Labute approximate surface area is 226 Å². The maximum atomic E-state index is 13.4. The van der Waals surface area contributed by atoms with Crippen LogP contribution in [0.15, 0.2) is 48.5 Å². The molecule has 0 saturated carbocycles. The number of nitrogens with one attached hydrogen (secondary N) is 2. The Morgan fingerprint density at radius 3 is 1.32 bits per heavy atom. The van der Waals surface area contributed by atoms with Crippen LogP contribution in [-0.4, -0.2) is 67.4 Å². The zero-order valence-electron chi connectivity index (χ0n) is 23.4. The highest BCUT2D eigenvalue weighted by Gasteiger charge is 2.44. The maximum absolute atomic E-state index is 13.4. The van der Waals surface area contributed by atoms with Crippen molar-refractivity contribution in [2.45, 2.75) is 103 Å². The van der Waals surface area contributed by atoms with E-state index < -0.39 is 35.4 Å². The van der Waals surface area contributed by atoms with Gasteiger partial charge in [-0.1, -0.05) is 48.5 Å². The van der Waals surface area contributed by atoms with Gasteiger partial charge in [0.2, 0.25) is 0 Å². The van der Waals surface area contributed by atoms with Crippen LogP contribution < -0.4 is 10.6 Å². The van der Waals surface area contributed by atoms with Crippen molar-refractivity contribution in [2.75, 3.05) is 0 Å². The molecule has 0 aliphatic carbocycles. The molecular formula is C30H42N4O4. The normalized spacial score (nSPS) is 21.2. The van der Waals surface area contributed by atoms with Crippen molar-refractivity contribution in [3.63, 3.8) is 0 Å². The smallest absolute Gasteiger partial charge is 0.318 e. The number of aliphatic hydroxyl groups excluding tert-OH is 2. The van der Waals surface area contributed by atoms with Crippen molar-refractivity contribution in [3.05, 3.63) is 70.8 Å². The summed E-state index contributed by atoms with van der Waals surface area (Å²) in [6.45, 7) is 12.1. The predicted molar refractivity (Wildman–Crippen MR) is 148 cm³/mol. The minimum atomic E-state index is -1.27. The Balaban J connectivity index is 1.65. The molecule has 0 bridgehead atoms. The number of urea groups is 2. The maximum Gasteiger partial charge on any atom is 0.318 e. The molecular weight excluding hydrogens is 480 g/mol. The molecule has 0 spiro atoms. The molecule has 8 heteroatoms. The van der Waals surface area contributed by atoms with Gasteiger partial charge in [0.05, 0.1) is 12.1 Å². The van der Waals surface area contributed by atoms with E-state index in [4.69, 9.17) is 0 Å². The first kappa shape index (κ1) is 27.9. The van der Waals surface area contributed by atoms with Crippen LogP contribution in [0.3, 0.4) is 0 Å². The summed E-state index contributed by atoms with van der Waals surface area (Å²) < 4.78 is 0. The second-order valence-electron chi connectivity index (χ2n) is 12.7. The predicted octanol–water partition coefficient (Wildman–Crippen LogP) is 3.58. The highest BCUT2D eigenvalue weighted by Crippen LogP contribution is 2.31. The summed E-state index contributed by atoms with van der Waals surface area (Å²) in [5, 5.41) is 29.4. The van der Waals surface area contributed by atoms with Crippen molar-refractivity contribution in [3.8, 4) is 0 Å². The number of carbonyl (C=O) groups excluding carboxylic acids is 2. The van der Waals surface area contributed by atoms with Gasteiger partial charge in [-0.15, -0.1) is 0 Å². The van der Waals surface area contributed by atoms with Crippen LogP contribution in [0.4, 0.5) is 9.59 Å². The molecule has 2 heterocycles. The van der Waals surface area contributed by atoms with Gasteiger partial charge < -0.3 is 30.6 Å². The van der Waals surface area contributed by atoms with Gasteiger partial charge in [0, 0.05) is 24.2 Å². The molecule has 4 amide bonds. The number of fused-ring (bicyclic) bond motifs is 2. The molecule has 206 valence electrons. The lowest BCUT2D eigenvalue weighted by molar-refractivity contribution is -0.0684. The third-order valence-electron chi connectivity index (χ3n) is 7.20. The Bertz CT molecular complexity index is 1080. The van der Waals surface area contributed by atoms with E-state index in [1.807, 2.05) is 90.1 Å². The number of carbonyl (C=O) groups is 2. The van der Waals surface area contributed by atoms with Crippen molar-refractivity contribution < 1.29 is 19.8 Å². The minimum Gasteiger partial charge on any atom is -0.388 e. The molecule has 0 radical (unpaired) electrons. The van der Waals surface area contributed by atoms with Gasteiger partial charge >= 0.3 is 12.1 Å². The molecule has 2 aliphatic heterocycles. The van der Waals surface area contributed by atoms with E-state index in [9.17, 15) is 19.8 Å². The Morgan fingerprint density at radius 2 is 1.00 bits per heavy atom. The van der Waals surface area contributed by atoms with Crippen molar-refractivity contribution in [2.24, 2.45) is 0 Å². The van der Waals surface area contributed by atoms with E-state index in [1.165, 1.54) is 0 Å². The lowest BCUT2D eigenvalue weighted by atomic mass is 9.84. The highest BCUT2D eigenvalue weighted by molar-refractivity contribution is 5.76. The third-order valence-corrected chi connectivity index (χ3v) is 7.20. The molecule has 0 aromatic heterocycles. The summed E-state index contributed by atoms with van der Waals surface area (Å²) in [5.41, 5.74) is 3.20. The molecule has 2 aromatic carbocycles. The van der Waals surface area contributed by atoms with E-state index >= 15 is 0 Å². The van der Waals surface area contributed by atoms with E-state index in [-0.39, 0.29) is 12.1 Å².